The van der Waals surface area contributed by atoms with Gasteiger partial charge in [-0.2, -0.15) is 0 Å². The van der Waals surface area contributed by atoms with Crippen LogP contribution in [0.2, 0.25) is 0 Å². The van der Waals surface area contributed by atoms with Gasteiger partial charge < -0.3 is 14.7 Å². The number of rotatable bonds is 7. The molecule has 1 aromatic carbocycles. The summed E-state index contributed by atoms with van der Waals surface area (Å²) < 4.78 is 8.96. The molecule has 10 nitrogen and oxygen atoms in total. The molecule has 10 heteroatoms. The van der Waals surface area contributed by atoms with Crippen LogP contribution >= 0.6 is 0 Å². The number of likely N-dealkylation sites (tertiary alicyclic amines) is 1. The number of carboxylic acid groups (broad SMARTS) is 1. The zero-order valence-electron chi connectivity index (χ0n) is 18.1. The lowest BCUT2D eigenvalue weighted by Crippen LogP contribution is -2.44. The molecule has 0 bridgehead atoms. The fraction of sp³-hybridized carbons (Fsp3) is 0.545. The Morgan fingerprint density at radius 2 is 1.91 bits per heavy atom. The van der Waals surface area contributed by atoms with Gasteiger partial charge in [-0.05, 0) is 50.4 Å². The second kappa shape index (κ2) is 9.15. The molecular weight excluding hydrogens is 416 g/mol. The van der Waals surface area contributed by atoms with Crippen LogP contribution in [0.5, 0.6) is 5.75 Å². The van der Waals surface area contributed by atoms with Gasteiger partial charge in [-0.15, -0.1) is 0 Å². The molecule has 0 radical (unpaired) electrons. The first-order valence-electron chi connectivity index (χ1n) is 10.9. The van der Waals surface area contributed by atoms with Gasteiger partial charge in [-0.3, -0.25) is 28.8 Å². The van der Waals surface area contributed by atoms with Crippen LogP contribution in [0.1, 0.15) is 38.1 Å². The zero-order valence-corrected chi connectivity index (χ0v) is 18.1. The maximum absolute atomic E-state index is 12.8. The molecular formula is C22H28N4O6. The van der Waals surface area contributed by atoms with E-state index in [4.69, 9.17) is 9.84 Å². The monoisotopic (exact) mass is 444 g/mol. The number of carbonyl (C=O) groups is 3. The SMILES string of the molecule is Cn1c(=O)n(C2CCC(=O)NC2=O)c2ccc(OCC3CCN(CCC(=O)O)CC3)cc21. The predicted octanol–water partition coefficient (Wildman–Crippen LogP) is 0.883. The van der Waals surface area contributed by atoms with Gasteiger partial charge >= 0.3 is 11.7 Å². The third kappa shape index (κ3) is 4.55. The number of ether oxygens (including phenoxy) is 1. The van der Waals surface area contributed by atoms with Crippen molar-refractivity contribution in [3.63, 3.8) is 0 Å². The molecule has 2 aliphatic heterocycles. The number of amides is 2. The van der Waals surface area contributed by atoms with Crippen LogP contribution in [-0.2, 0) is 21.4 Å². The fourth-order valence-electron chi connectivity index (χ4n) is 4.51. The predicted molar refractivity (Wildman–Crippen MR) is 116 cm³/mol. The molecule has 0 saturated carbocycles. The van der Waals surface area contributed by atoms with Crippen molar-refractivity contribution in [1.82, 2.24) is 19.4 Å². The minimum absolute atomic E-state index is 0.165. The van der Waals surface area contributed by atoms with Crippen LogP contribution in [0.25, 0.3) is 11.0 Å². The van der Waals surface area contributed by atoms with E-state index >= 15 is 0 Å². The Bertz CT molecular complexity index is 1100. The fourth-order valence-corrected chi connectivity index (χ4v) is 4.51. The number of carbonyl (C=O) groups excluding carboxylic acids is 2. The molecule has 0 spiro atoms. The highest BCUT2D eigenvalue weighted by molar-refractivity contribution is 6.00. The summed E-state index contributed by atoms with van der Waals surface area (Å²) in [5.41, 5.74) is 0.993. The highest BCUT2D eigenvalue weighted by Gasteiger charge is 2.31. The third-order valence-electron chi connectivity index (χ3n) is 6.42. The van der Waals surface area contributed by atoms with Crippen molar-refractivity contribution in [1.29, 1.82) is 0 Å². The molecule has 1 unspecified atom stereocenters. The average Bonchev–Trinajstić information content (AvgIpc) is 3.01. The Labute approximate surface area is 184 Å². The summed E-state index contributed by atoms with van der Waals surface area (Å²) in [4.78, 5) is 49.5. The van der Waals surface area contributed by atoms with E-state index in [-0.39, 0.29) is 24.4 Å². The van der Waals surface area contributed by atoms with E-state index in [9.17, 15) is 19.2 Å². The van der Waals surface area contributed by atoms with Gasteiger partial charge in [0.2, 0.25) is 11.8 Å². The van der Waals surface area contributed by atoms with Gasteiger partial charge in [0.25, 0.3) is 0 Å². The second-order valence-electron chi connectivity index (χ2n) is 8.57. The maximum atomic E-state index is 12.8. The summed E-state index contributed by atoms with van der Waals surface area (Å²) in [6.07, 6.45) is 2.57. The Morgan fingerprint density at radius 3 is 2.59 bits per heavy atom. The van der Waals surface area contributed by atoms with E-state index in [1.165, 1.54) is 9.13 Å². The lowest BCUT2D eigenvalue weighted by molar-refractivity contribution is -0.138. The molecule has 1 atom stereocenters. The zero-order chi connectivity index (χ0) is 22.8. The van der Waals surface area contributed by atoms with Crippen LogP contribution in [0.4, 0.5) is 0 Å². The number of hydrogen-bond acceptors (Lipinski definition) is 6. The van der Waals surface area contributed by atoms with Gasteiger partial charge in [0, 0.05) is 26.1 Å². The van der Waals surface area contributed by atoms with Crippen LogP contribution in [-0.4, -0.2) is 63.2 Å². The number of aromatic nitrogens is 2. The lowest BCUT2D eigenvalue weighted by atomic mass is 9.97. The highest BCUT2D eigenvalue weighted by atomic mass is 16.5. The molecule has 172 valence electrons. The number of carboxylic acids is 1. The molecule has 2 aromatic rings. The maximum Gasteiger partial charge on any atom is 0.329 e. The summed E-state index contributed by atoms with van der Waals surface area (Å²) in [6, 6.07) is 4.68. The molecule has 2 aliphatic rings. The molecule has 2 saturated heterocycles. The Balaban J connectivity index is 1.42. The third-order valence-corrected chi connectivity index (χ3v) is 6.42. The number of fused-ring (bicyclic) bond motifs is 1. The number of benzene rings is 1. The molecule has 4 rings (SSSR count). The number of imidazole rings is 1. The van der Waals surface area contributed by atoms with Crippen molar-refractivity contribution >= 4 is 28.8 Å². The molecule has 2 N–H and O–H groups in total. The summed E-state index contributed by atoms with van der Waals surface area (Å²) in [7, 11) is 1.66. The Morgan fingerprint density at radius 1 is 1.16 bits per heavy atom. The van der Waals surface area contributed by atoms with Crippen molar-refractivity contribution in [3.05, 3.63) is 28.7 Å². The quantitative estimate of drug-likeness (QED) is 0.608. The van der Waals surface area contributed by atoms with Crippen molar-refractivity contribution in [2.24, 2.45) is 13.0 Å². The van der Waals surface area contributed by atoms with Crippen LogP contribution in [0.3, 0.4) is 0 Å². The summed E-state index contributed by atoms with van der Waals surface area (Å²) in [5.74, 6) is -0.494. The first kappa shape index (κ1) is 22.1. The average molecular weight is 444 g/mol. The number of nitrogens with one attached hydrogen (secondary N) is 1. The molecule has 2 amide bonds. The number of aliphatic carboxylic acids is 1. The van der Waals surface area contributed by atoms with E-state index in [1.807, 2.05) is 0 Å². The van der Waals surface area contributed by atoms with Gasteiger partial charge in [0.05, 0.1) is 24.1 Å². The second-order valence-corrected chi connectivity index (χ2v) is 8.57. The topological polar surface area (TPSA) is 123 Å². The summed E-state index contributed by atoms with van der Waals surface area (Å²) >= 11 is 0. The van der Waals surface area contributed by atoms with E-state index < -0.39 is 17.9 Å². The summed E-state index contributed by atoms with van der Waals surface area (Å²) in [6.45, 7) is 2.87. The molecule has 2 fully saturated rings. The lowest BCUT2D eigenvalue weighted by Gasteiger charge is -2.31. The molecule has 3 heterocycles. The number of nitrogens with zero attached hydrogens (tertiary/aromatic N) is 3. The van der Waals surface area contributed by atoms with Gasteiger partial charge in [0.15, 0.2) is 0 Å². The van der Waals surface area contributed by atoms with Crippen molar-refractivity contribution in [3.8, 4) is 5.75 Å². The van der Waals surface area contributed by atoms with Crippen LogP contribution in [0.15, 0.2) is 23.0 Å². The van der Waals surface area contributed by atoms with E-state index in [2.05, 4.69) is 10.2 Å². The number of piperidine rings is 2. The van der Waals surface area contributed by atoms with Gasteiger partial charge in [-0.1, -0.05) is 0 Å². The number of aryl methyl sites for hydroxylation is 1. The molecule has 1 aromatic heterocycles. The van der Waals surface area contributed by atoms with Gasteiger partial charge in [-0.25, -0.2) is 4.79 Å². The van der Waals surface area contributed by atoms with Crippen molar-refractivity contribution in [2.45, 2.75) is 38.1 Å². The first-order chi connectivity index (χ1) is 15.3. The molecule has 0 aliphatic carbocycles. The smallest absolute Gasteiger partial charge is 0.329 e. The van der Waals surface area contributed by atoms with Crippen molar-refractivity contribution < 1.29 is 24.2 Å². The normalized spacial score (nSPS) is 20.5. The first-order valence-corrected chi connectivity index (χ1v) is 10.9. The molecule has 32 heavy (non-hydrogen) atoms. The standard InChI is InChI=1S/C22H28N4O6/c1-24-18-12-15(32-13-14-6-9-25(10-7-14)11-8-20(28)29)2-3-16(18)26(22(24)31)17-4-5-19(27)23-21(17)30/h2-3,12,14,17H,4-11,13H2,1H3,(H,28,29)(H,23,27,30). The van der Waals surface area contributed by atoms with Crippen LogP contribution < -0.4 is 15.7 Å². The number of hydrogen-bond donors (Lipinski definition) is 2. The largest absolute Gasteiger partial charge is 0.493 e. The minimum Gasteiger partial charge on any atom is -0.493 e. The Hall–Kier alpha value is -3.14. The van der Waals surface area contributed by atoms with Crippen LogP contribution in [0, 0.1) is 5.92 Å². The Kier molecular flexibility index (Phi) is 6.31. The highest BCUT2D eigenvalue weighted by Crippen LogP contribution is 2.26. The van der Waals surface area contributed by atoms with E-state index in [1.54, 1.807) is 25.2 Å². The van der Waals surface area contributed by atoms with Crippen molar-refractivity contribution in [2.75, 3.05) is 26.2 Å². The van der Waals surface area contributed by atoms with E-state index in [0.717, 1.165) is 25.9 Å². The minimum atomic E-state index is -0.772. The van der Waals surface area contributed by atoms with Gasteiger partial charge in [0.1, 0.15) is 11.8 Å². The number of imide groups is 1. The van der Waals surface area contributed by atoms with E-state index in [0.29, 0.717) is 42.3 Å². The summed E-state index contributed by atoms with van der Waals surface area (Å²) in [5, 5.41) is 11.1.